The quantitative estimate of drug-likeness (QED) is 0.851. The van der Waals surface area contributed by atoms with Crippen molar-refractivity contribution < 1.29 is 14.3 Å². The highest BCUT2D eigenvalue weighted by molar-refractivity contribution is 5.68. The number of ether oxygens (including phenoxy) is 2. The highest BCUT2D eigenvalue weighted by Crippen LogP contribution is 2.33. The molecule has 0 aromatic carbocycles. The number of amides is 1. The summed E-state index contributed by atoms with van der Waals surface area (Å²) in [6, 6.07) is 0. The van der Waals surface area contributed by atoms with Crippen molar-refractivity contribution in [1.82, 2.24) is 5.32 Å². The molecule has 0 radical (unpaired) electrons. The summed E-state index contributed by atoms with van der Waals surface area (Å²) in [5, 5.41) is 3.14. The standard InChI is InChI=1S/C15H29NO3/c1-6-15(7-2,12-8-10-18-11-9-12)16-13(17)19-14(3,4)5/h12H,6-11H2,1-5H3,(H,16,17). The molecule has 1 amide bonds. The number of carbonyl (C=O) groups is 1. The third-order valence-corrected chi connectivity index (χ3v) is 4.01. The van der Waals surface area contributed by atoms with E-state index in [2.05, 4.69) is 19.2 Å². The Morgan fingerprint density at radius 2 is 1.74 bits per heavy atom. The summed E-state index contributed by atoms with van der Waals surface area (Å²) in [5.74, 6) is 0.476. The number of alkyl carbamates (subject to hydrolysis) is 1. The second-order valence-electron chi connectivity index (χ2n) is 6.38. The van der Waals surface area contributed by atoms with Crippen molar-refractivity contribution in [3.05, 3.63) is 0 Å². The van der Waals surface area contributed by atoms with Gasteiger partial charge in [-0.15, -0.1) is 0 Å². The Morgan fingerprint density at radius 1 is 1.21 bits per heavy atom. The van der Waals surface area contributed by atoms with E-state index in [1.54, 1.807) is 0 Å². The summed E-state index contributed by atoms with van der Waals surface area (Å²) < 4.78 is 10.8. The summed E-state index contributed by atoms with van der Waals surface area (Å²) in [7, 11) is 0. The van der Waals surface area contributed by atoms with Crippen LogP contribution in [0.2, 0.25) is 0 Å². The van der Waals surface area contributed by atoms with Crippen LogP contribution in [0.4, 0.5) is 4.79 Å². The van der Waals surface area contributed by atoms with E-state index in [-0.39, 0.29) is 11.6 Å². The van der Waals surface area contributed by atoms with E-state index in [0.29, 0.717) is 5.92 Å². The summed E-state index contributed by atoms with van der Waals surface area (Å²) in [6.45, 7) is 11.5. The molecule has 1 fully saturated rings. The van der Waals surface area contributed by atoms with E-state index < -0.39 is 5.60 Å². The fourth-order valence-electron chi connectivity index (χ4n) is 2.86. The first-order valence-corrected chi connectivity index (χ1v) is 7.42. The van der Waals surface area contributed by atoms with Gasteiger partial charge in [0.15, 0.2) is 0 Å². The van der Waals surface area contributed by atoms with E-state index in [9.17, 15) is 4.79 Å². The maximum absolute atomic E-state index is 12.1. The van der Waals surface area contributed by atoms with Gasteiger partial charge in [0.05, 0.1) is 0 Å². The largest absolute Gasteiger partial charge is 0.444 e. The smallest absolute Gasteiger partial charge is 0.408 e. The minimum absolute atomic E-state index is 0.161. The highest BCUT2D eigenvalue weighted by atomic mass is 16.6. The summed E-state index contributed by atoms with van der Waals surface area (Å²) in [6.07, 6.45) is 3.57. The fraction of sp³-hybridized carbons (Fsp3) is 0.933. The van der Waals surface area contributed by atoms with Crippen LogP contribution in [0.15, 0.2) is 0 Å². The Bertz CT molecular complexity index is 286. The second kappa shape index (κ2) is 6.60. The van der Waals surface area contributed by atoms with Crippen LogP contribution in [0, 0.1) is 5.92 Å². The molecule has 0 bridgehead atoms. The van der Waals surface area contributed by atoms with Gasteiger partial charge in [-0.05, 0) is 52.4 Å². The first kappa shape index (κ1) is 16.3. The molecule has 1 N–H and O–H groups in total. The Hall–Kier alpha value is -0.770. The molecule has 19 heavy (non-hydrogen) atoms. The van der Waals surface area contributed by atoms with Crippen LogP contribution in [0.3, 0.4) is 0 Å². The van der Waals surface area contributed by atoms with Gasteiger partial charge in [0.25, 0.3) is 0 Å². The number of hydrogen-bond acceptors (Lipinski definition) is 3. The highest BCUT2D eigenvalue weighted by Gasteiger charge is 2.38. The van der Waals surface area contributed by atoms with Crippen molar-refractivity contribution in [3.63, 3.8) is 0 Å². The normalized spacial score (nSPS) is 18.2. The molecule has 0 aliphatic carbocycles. The van der Waals surface area contributed by atoms with Gasteiger partial charge in [0.1, 0.15) is 5.60 Å². The van der Waals surface area contributed by atoms with E-state index in [4.69, 9.17) is 9.47 Å². The molecule has 0 saturated carbocycles. The molecule has 4 heteroatoms. The molecule has 0 atom stereocenters. The Balaban J connectivity index is 2.72. The first-order valence-electron chi connectivity index (χ1n) is 7.42. The van der Waals surface area contributed by atoms with Gasteiger partial charge in [-0.1, -0.05) is 13.8 Å². The lowest BCUT2D eigenvalue weighted by molar-refractivity contribution is 0.0104. The zero-order valence-electron chi connectivity index (χ0n) is 13.0. The monoisotopic (exact) mass is 271 g/mol. The van der Waals surface area contributed by atoms with Crippen LogP contribution < -0.4 is 5.32 Å². The maximum atomic E-state index is 12.1. The minimum atomic E-state index is -0.451. The van der Waals surface area contributed by atoms with E-state index in [1.165, 1.54) is 0 Å². The molecular weight excluding hydrogens is 242 g/mol. The molecule has 1 saturated heterocycles. The minimum Gasteiger partial charge on any atom is -0.444 e. The summed E-state index contributed by atoms with van der Waals surface area (Å²) in [5.41, 5.74) is -0.612. The molecule has 1 heterocycles. The van der Waals surface area contributed by atoms with E-state index >= 15 is 0 Å². The topological polar surface area (TPSA) is 47.6 Å². The third-order valence-electron chi connectivity index (χ3n) is 4.01. The molecule has 0 aromatic heterocycles. The lowest BCUT2D eigenvalue weighted by atomic mass is 9.75. The van der Waals surface area contributed by atoms with Crippen LogP contribution in [0.25, 0.3) is 0 Å². The zero-order valence-corrected chi connectivity index (χ0v) is 13.0. The average molecular weight is 271 g/mol. The van der Waals surface area contributed by atoms with E-state index in [1.807, 2.05) is 20.8 Å². The van der Waals surface area contributed by atoms with Gasteiger partial charge < -0.3 is 14.8 Å². The summed E-state index contributed by atoms with van der Waals surface area (Å²) in [4.78, 5) is 12.1. The van der Waals surface area contributed by atoms with Crippen LogP contribution in [0.5, 0.6) is 0 Å². The molecule has 4 nitrogen and oxygen atoms in total. The zero-order chi connectivity index (χ0) is 14.5. The molecular formula is C15H29NO3. The van der Waals surface area contributed by atoms with Crippen molar-refractivity contribution >= 4 is 6.09 Å². The van der Waals surface area contributed by atoms with Crippen LogP contribution in [0.1, 0.15) is 60.3 Å². The molecule has 1 aliphatic heterocycles. The predicted octanol–water partition coefficient (Wildman–Crippen LogP) is 3.50. The molecule has 1 aliphatic rings. The van der Waals surface area contributed by atoms with Crippen molar-refractivity contribution in [1.29, 1.82) is 0 Å². The Morgan fingerprint density at radius 3 is 2.16 bits per heavy atom. The predicted molar refractivity (Wildman–Crippen MR) is 76.2 cm³/mol. The van der Waals surface area contributed by atoms with Crippen molar-refractivity contribution in [2.75, 3.05) is 13.2 Å². The molecule has 1 rings (SSSR count). The van der Waals surface area contributed by atoms with Crippen LogP contribution in [-0.4, -0.2) is 30.4 Å². The summed E-state index contributed by atoms with van der Waals surface area (Å²) >= 11 is 0. The molecule has 0 aromatic rings. The van der Waals surface area contributed by atoms with Gasteiger partial charge in [-0.3, -0.25) is 0 Å². The van der Waals surface area contributed by atoms with Crippen molar-refractivity contribution in [2.45, 2.75) is 71.4 Å². The lowest BCUT2D eigenvalue weighted by Gasteiger charge is -2.42. The second-order valence-corrected chi connectivity index (χ2v) is 6.38. The Labute approximate surface area is 117 Å². The first-order chi connectivity index (χ1) is 8.83. The number of hydrogen-bond donors (Lipinski definition) is 1. The fourth-order valence-corrected chi connectivity index (χ4v) is 2.86. The number of nitrogens with one attached hydrogen (secondary N) is 1. The number of carbonyl (C=O) groups excluding carboxylic acids is 1. The van der Waals surface area contributed by atoms with Crippen LogP contribution >= 0.6 is 0 Å². The lowest BCUT2D eigenvalue weighted by Crippen LogP contribution is -2.55. The van der Waals surface area contributed by atoms with E-state index in [0.717, 1.165) is 38.9 Å². The van der Waals surface area contributed by atoms with Gasteiger partial charge in [0.2, 0.25) is 0 Å². The SMILES string of the molecule is CCC(CC)(NC(=O)OC(C)(C)C)C1CCOCC1. The van der Waals surface area contributed by atoms with Crippen LogP contribution in [-0.2, 0) is 9.47 Å². The van der Waals surface area contributed by atoms with Gasteiger partial charge in [-0.2, -0.15) is 0 Å². The molecule has 112 valence electrons. The Kier molecular flexibility index (Phi) is 5.65. The molecule has 0 spiro atoms. The van der Waals surface area contributed by atoms with Crippen molar-refractivity contribution in [3.8, 4) is 0 Å². The molecule has 0 unspecified atom stereocenters. The maximum Gasteiger partial charge on any atom is 0.408 e. The third kappa shape index (κ3) is 4.68. The average Bonchev–Trinajstić information content (AvgIpc) is 2.35. The van der Waals surface area contributed by atoms with Gasteiger partial charge >= 0.3 is 6.09 Å². The van der Waals surface area contributed by atoms with Gasteiger partial charge in [-0.25, -0.2) is 4.79 Å². The van der Waals surface area contributed by atoms with Crippen molar-refractivity contribution in [2.24, 2.45) is 5.92 Å². The van der Waals surface area contributed by atoms with Gasteiger partial charge in [0, 0.05) is 18.8 Å². The number of rotatable bonds is 4.